The molecule has 0 saturated heterocycles. The third-order valence-corrected chi connectivity index (χ3v) is 3.20. The van der Waals surface area contributed by atoms with Gasteiger partial charge in [-0.05, 0) is 44.5 Å². The zero-order valence-electron chi connectivity index (χ0n) is 12.0. The van der Waals surface area contributed by atoms with Crippen LogP contribution in [0.5, 0.6) is 5.75 Å². The van der Waals surface area contributed by atoms with E-state index >= 15 is 0 Å². The van der Waals surface area contributed by atoms with Gasteiger partial charge in [0.2, 0.25) is 0 Å². The number of carboxylic acids is 1. The molecule has 0 aromatic heterocycles. The van der Waals surface area contributed by atoms with E-state index in [0.29, 0.717) is 13.2 Å². The Hall–Kier alpha value is -1.55. The van der Waals surface area contributed by atoms with Gasteiger partial charge in [-0.1, -0.05) is 12.1 Å². The molecule has 0 radical (unpaired) electrons. The average Bonchev–Trinajstić information content (AvgIpc) is 2.37. The van der Waals surface area contributed by atoms with Gasteiger partial charge in [-0.3, -0.25) is 4.79 Å². The number of hydrogen-bond acceptors (Lipinski definition) is 3. The molecule has 0 bridgehead atoms. The Morgan fingerprint density at radius 1 is 1.32 bits per heavy atom. The second-order valence-corrected chi connectivity index (χ2v) is 4.85. The van der Waals surface area contributed by atoms with Crippen LogP contribution in [0.25, 0.3) is 0 Å². The maximum absolute atomic E-state index is 10.4. The van der Waals surface area contributed by atoms with Gasteiger partial charge in [0, 0.05) is 13.1 Å². The van der Waals surface area contributed by atoms with E-state index in [1.165, 1.54) is 11.1 Å². The summed E-state index contributed by atoms with van der Waals surface area (Å²) in [4.78, 5) is 12.5. The molecule has 19 heavy (non-hydrogen) atoms. The molecule has 0 aliphatic heterocycles. The minimum absolute atomic E-state index is 0.189. The smallest absolute Gasteiger partial charge is 0.304 e. The van der Waals surface area contributed by atoms with Gasteiger partial charge in [-0.25, -0.2) is 0 Å². The molecule has 1 rings (SSSR count). The molecule has 0 aliphatic carbocycles. The number of nitrogens with zero attached hydrogens (tertiary/aromatic N) is 1. The van der Waals surface area contributed by atoms with Gasteiger partial charge in [0.25, 0.3) is 0 Å². The van der Waals surface area contributed by atoms with E-state index in [0.717, 1.165) is 18.7 Å². The van der Waals surface area contributed by atoms with E-state index in [9.17, 15) is 4.79 Å². The molecule has 1 N–H and O–H groups in total. The van der Waals surface area contributed by atoms with Crippen molar-refractivity contribution in [1.29, 1.82) is 0 Å². The molecule has 1 aromatic rings. The molecule has 0 saturated carbocycles. The maximum atomic E-state index is 10.4. The number of aliphatic carboxylic acids is 1. The van der Waals surface area contributed by atoms with Crippen LogP contribution in [0.15, 0.2) is 18.2 Å². The lowest BCUT2D eigenvalue weighted by Crippen LogP contribution is -2.24. The Bertz CT molecular complexity index is 418. The van der Waals surface area contributed by atoms with E-state index in [-0.39, 0.29) is 6.42 Å². The largest absolute Gasteiger partial charge is 0.493 e. The van der Waals surface area contributed by atoms with Crippen molar-refractivity contribution >= 4 is 5.97 Å². The number of benzene rings is 1. The Kier molecular flexibility index (Phi) is 6.36. The van der Waals surface area contributed by atoms with Gasteiger partial charge in [0.05, 0.1) is 13.0 Å². The molecule has 0 spiro atoms. The highest BCUT2D eigenvalue weighted by atomic mass is 16.5. The molecule has 0 heterocycles. The zero-order valence-corrected chi connectivity index (χ0v) is 12.0. The standard InChI is InChI=1S/C15H23NO3/c1-12-6-4-7-14(13(12)2)19-11-5-9-16(3)10-8-15(17)18/h4,6-7H,5,8-11H2,1-3H3,(H,17,18). The van der Waals surface area contributed by atoms with E-state index in [4.69, 9.17) is 9.84 Å². The lowest BCUT2D eigenvalue weighted by atomic mass is 10.1. The number of aryl methyl sites for hydroxylation is 1. The van der Waals surface area contributed by atoms with Crippen molar-refractivity contribution in [1.82, 2.24) is 4.90 Å². The predicted octanol–water partition coefficient (Wildman–Crippen LogP) is 2.48. The second-order valence-electron chi connectivity index (χ2n) is 4.85. The van der Waals surface area contributed by atoms with Crippen LogP contribution in [0.4, 0.5) is 0 Å². The van der Waals surface area contributed by atoms with Crippen LogP contribution >= 0.6 is 0 Å². The molecule has 0 aliphatic rings. The highest BCUT2D eigenvalue weighted by Gasteiger charge is 2.04. The quantitative estimate of drug-likeness (QED) is 0.734. The summed E-state index contributed by atoms with van der Waals surface area (Å²) >= 11 is 0. The minimum Gasteiger partial charge on any atom is -0.493 e. The Morgan fingerprint density at radius 2 is 2.05 bits per heavy atom. The second kappa shape index (κ2) is 7.79. The summed E-state index contributed by atoms with van der Waals surface area (Å²) in [6.07, 6.45) is 1.08. The monoisotopic (exact) mass is 265 g/mol. The third kappa shape index (κ3) is 5.75. The fourth-order valence-electron chi connectivity index (χ4n) is 1.80. The molecule has 1 aromatic carbocycles. The lowest BCUT2D eigenvalue weighted by molar-refractivity contribution is -0.137. The van der Waals surface area contributed by atoms with Crippen molar-refractivity contribution in [3.63, 3.8) is 0 Å². The van der Waals surface area contributed by atoms with Crippen LogP contribution in [0.3, 0.4) is 0 Å². The molecule has 0 fully saturated rings. The summed E-state index contributed by atoms with van der Waals surface area (Å²) in [6.45, 7) is 6.21. The maximum Gasteiger partial charge on any atom is 0.304 e. The molecule has 106 valence electrons. The summed E-state index contributed by atoms with van der Waals surface area (Å²) in [6, 6.07) is 6.05. The molecule has 0 atom stereocenters. The number of rotatable bonds is 8. The van der Waals surface area contributed by atoms with Crippen LogP contribution in [0, 0.1) is 13.8 Å². The highest BCUT2D eigenvalue weighted by Crippen LogP contribution is 2.20. The molecule has 0 unspecified atom stereocenters. The average molecular weight is 265 g/mol. The molecular weight excluding hydrogens is 242 g/mol. The number of carbonyl (C=O) groups is 1. The molecule has 0 amide bonds. The van der Waals surface area contributed by atoms with Gasteiger partial charge in [0.15, 0.2) is 0 Å². The first-order valence-electron chi connectivity index (χ1n) is 6.60. The first kappa shape index (κ1) is 15.5. The first-order chi connectivity index (χ1) is 9.00. The van der Waals surface area contributed by atoms with Crippen molar-refractivity contribution in [3.8, 4) is 5.75 Å². The minimum atomic E-state index is -0.751. The van der Waals surface area contributed by atoms with Gasteiger partial charge >= 0.3 is 5.97 Å². The fraction of sp³-hybridized carbons (Fsp3) is 0.533. The van der Waals surface area contributed by atoms with E-state index < -0.39 is 5.97 Å². The Morgan fingerprint density at radius 3 is 2.74 bits per heavy atom. The van der Waals surface area contributed by atoms with E-state index in [1.54, 1.807) is 0 Å². The van der Waals surface area contributed by atoms with Crippen molar-refractivity contribution in [2.75, 3.05) is 26.7 Å². The van der Waals surface area contributed by atoms with E-state index in [2.05, 4.69) is 19.9 Å². The Balaban J connectivity index is 2.23. The third-order valence-electron chi connectivity index (χ3n) is 3.20. The predicted molar refractivity (Wildman–Crippen MR) is 75.8 cm³/mol. The van der Waals surface area contributed by atoms with Crippen molar-refractivity contribution < 1.29 is 14.6 Å². The number of carboxylic acid groups (broad SMARTS) is 1. The van der Waals surface area contributed by atoms with Gasteiger partial charge in [0.1, 0.15) is 5.75 Å². The summed E-state index contributed by atoms with van der Waals surface area (Å²) < 4.78 is 5.75. The van der Waals surface area contributed by atoms with Crippen LogP contribution in [-0.4, -0.2) is 42.7 Å². The van der Waals surface area contributed by atoms with Gasteiger partial charge in [-0.2, -0.15) is 0 Å². The summed E-state index contributed by atoms with van der Waals surface area (Å²) in [5, 5.41) is 8.59. The van der Waals surface area contributed by atoms with Crippen LogP contribution in [0.1, 0.15) is 24.0 Å². The molecular formula is C15H23NO3. The molecule has 4 heteroatoms. The SMILES string of the molecule is Cc1cccc(OCCCN(C)CCC(=O)O)c1C. The van der Waals surface area contributed by atoms with Crippen molar-refractivity contribution in [2.45, 2.75) is 26.7 Å². The lowest BCUT2D eigenvalue weighted by Gasteiger charge is -2.16. The summed E-state index contributed by atoms with van der Waals surface area (Å²) in [7, 11) is 1.93. The van der Waals surface area contributed by atoms with Crippen LogP contribution < -0.4 is 4.74 Å². The van der Waals surface area contributed by atoms with Crippen LogP contribution in [-0.2, 0) is 4.79 Å². The number of hydrogen-bond donors (Lipinski definition) is 1. The van der Waals surface area contributed by atoms with Crippen molar-refractivity contribution in [2.24, 2.45) is 0 Å². The summed E-state index contributed by atoms with van der Waals surface area (Å²) in [5.74, 6) is 0.187. The number of ether oxygens (including phenoxy) is 1. The topological polar surface area (TPSA) is 49.8 Å². The van der Waals surface area contributed by atoms with Gasteiger partial charge in [-0.15, -0.1) is 0 Å². The van der Waals surface area contributed by atoms with E-state index in [1.807, 2.05) is 24.1 Å². The van der Waals surface area contributed by atoms with Crippen molar-refractivity contribution in [3.05, 3.63) is 29.3 Å². The summed E-state index contributed by atoms with van der Waals surface area (Å²) in [5.41, 5.74) is 2.41. The van der Waals surface area contributed by atoms with Crippen LogP contribution in [0.2, 0.25) is 0 Å². The first-order valence-corrected chi connectivity index (χ1v) is 6.60. The fourth-order valence-corrected chi connectivity index (χ4v) is 1.80. The highest BCUT2D eigenvalue weighted by molar-refractivity contribution is 5.66. The zero-order chi connectivity index (χ0) is 14.3. The molecule has 4 nitrogen and oxygen atoms in total. The van der Waals surface area contributed by atoms with Gasteiger partial charge < -0.3 is 14.7 Å². The normalized spacial score (nSPS) is 10.7. The Labute approximate surface area is 115 Å².